The summed E-state index contributed by atoms with van der Waals surface area (Å²) in [4.78, 5) is 24.8. The Bertz CT molecular complexity index is 839. The molecule has 2 amide bonds. The molecule has 0 aliphatic carbocycles. The molecule has 1 fully saturated rings. The Kier molecular flexibility index (Phi) is 4.87. The summed E-state index contributed by atoms with van der Waals surface area (Å²) >= 11 is 0.952. The average Bonchev–Trinajstić information content (AvgIpc) is 3.14. The zero-order valence-corrected chi connectivity index (χ0v) is 14.7. The number of aliphatic hydroxyl groups is 1. The molecule has 1 aromatic heterocycles. The Morgan fingerprint density at radius 2 is 1.93 bits per heavy atom. The van der Waals surface area contributed by atoms with Crippen molar-refractivity contribution in [2.75, 3.05) is 7.11 Å². The molecule has 1 aliphatic rings. The fraction of sp³-hybridized carbons (Fsp3) is 0.294. The van der Waals surface area contributed by atoms with Gasteiger partial charge in [0.25, 0.3) is 0 Å². The molecule has 10 heteroatoms. The number of nitrogens with one attached hydrogen (secondary N) is 2. The number of methoxy groups -OCH3 is 1. The van der Waals surface area contributed by atoms with Crippen molar-refractivity contribution < 1.29 is 32.6 Å². The van der Waals surface area contributed by atoms with Gasteiger partial charge in [-0.1, -0.05) is 18.2 Å². The van der Waals surface area contributed by atoms with E-state index < -0.39 is 35.7 Å². The van der Waals surface area contributed by atoms with E-state index in [-0.39, 0.29) is 10.4 Å². The third-order valence-corrected chi connectivity index (χ3v) is 5.21. The highest BCUT2D eigenvalue weighted by Gasteiger charge is 2.66. The van der Waals surface area contributed by atoms with Gasteiger partial charge >= 0.3 is 12.2 Å². The number of carbonyl (C=O) groups is 2. The van der Waals surface area contributed by atoms with Gasteiger partial charge in [0.05, 0.1) is 18.0 Å². The highest BCUT2D eigenvalue weighted by Crippen LogP contribution is 2.44. The third-order valence-electron chi connectivity index (χ3n) is 4.33. The summed E-state index contributed by atoms with van der Waals surface area (Å²) in [5.74, 6) is -2.51. The van der Waals surface area contributed by atoms with E-state index >= 15 is 0 Å². The smallest absolute Gasteiger partial charge is 0.437 e. The van der Waals surface area contributed by atoms with Gasteiger partial charge in [-0.05, 0) is 29.1 Å². The largest absolute Gasteiger partial charge is 0.497 e. The number of Topliss-reactive ketones (excluding diaryl/α,β-unsaturated/α-hetero) is 1. The summed E-state index contributed by atoms with van der Waals surface area (Å²) in [7, 11) is 1.42. The summed E-state index contributed by atoms with van der Waals surface area (Å²) in [5.41, 5.74) is -3.50. The van der Waals surface area contributed by atoms with Gasteiger partial charge in [-0.25, -0.2) is 4.79 Å². The molecule has 0 bridgehead atoms. The second-order valence-electron chi connectivity index (χ2n) is 5.93. The quantitative estimate of drug-likeness (QED) is 0.689. The molecule has 3 unspecified atom stereocenters. The molecule has 1 aliphatic heterocycles. The lowest BCUT2D eigenvalue weighted by atomic mass is 9.78. The number of urea groups is 1. The molecule has 0 saturated carbocycles. The van der Waals surface area contributed by atoms with Crippen LogP contribution >= 0.6 is 11.3 Å². The van der Waals surface area contributed by atoms with Crippen molar-refractivity contribution in [3.8, 4) is 5.75 Å². The number of alkyl halides is 3. The number of hydrogen-bond donors (Lipinski definition) is 3. The normalized spacial score (nSPS) is 25.4. The summed E-state index contributed by atoms with van der Waals surface area (Å²) in [6.45, 7) is 0. The Labute approximate surface area is 156 Å². The molecular weight excluding hydrogens is 385 g/mol. The van der Waals surface area contributed by atoms with Gasteiger partial charge in [0.1, 0.15) is 11.7 Å². The van der Waals surface area contributed by atoms with Crippen LogP contribution in [0.1, 0.15) is 21.3 Å². The van der Waals surface area contributed by atoms with Gasteiger partial charge in [0.2, 0.25) is 5.72 Å². The minimum Gasteiger partial charge on any atom is -0.497 e. The molecule has 3 N–H and O–H groups in total. The topological polar surface area (TPSA) is 87.7 Å². The van der Waals surface area contributed by atoms with Gasteiger partial charge in [0.15, 0.2) is 5.78 Å². The van der Waals surface area contributed by atoms with E-state index in [1.807, 2.05) is 0 Å². The lowest BCUT2D eigenvalue weighted by Crippen LogP contribution is -2.72. The number of carbonyl (C=O) groups excluding carboxylic acids is 2. The van der Waals surface area contributed by atoms with Crippen LogP contribution in [-0.2, 0) is 0 Å². The fourth-order valence-electron chi connectivity index (χ4n) is 3.00. The number of amides is 2. The molecule has 1 saturated heterocycles. The number of benzene rings is 1. The van der Waals surface area contributed by atoms with Crippen LogP contribution < -0.4 is 15.4 Å². The molecular formula is C17H15F3N2O4S. The Morgan fingerprint density at radius 3 is 2.44 bits per heavy atom. The maximum absolute atomic E-state index is 13.7. The van der Waals surface area contributed by atoms with E-state index in [2.05, 4.69) is 5.32 Å². The minimum absolute atomic E-state index is 0.0409. The van der Waals surface area contributed by atoms with Gasteiger partial charge in [-0.2, -0.15) is 13.2 Å². The lowest BCUT2D eigenvalue weighted by Gasteiger charge is -2.44. The minimum atomic E-state index is -5.27. The lowest BCUT2D eigenvalue weighted by molar-refractivity contribution is -0.287. The number of ether oxygens (including phenoxy) is 1. The van der Waals surface area contributed by atoms with Crippen LogP contribution in [0, 0.1) is 5.92 Å². The standard InChI is InChI=1S/C17H15F3N2O4S/c1-26-10-6-4-9(5-7-10)13-12(14(23)11-3-2-8-27-11)16(25,17(18,19)20)22-15(24)21-13/h2-8,12-13,25H,1H3,(H2,21,22,24). The first kappa shape index (κ1) is 19.2. The first-order chi connectivity index (χ1) is 12.7. The van der Waals surface area contributed by atoms with E-state index in [4.69, 9.17) is 4.74 Å². The second-order valence-corrected chi connectivity index (χ2v) is 6.88. The highest BCUT2D eigenvalue weighted by molar-refractivity contribution is 7.12. The van der Waals surface area contributed by atoms with Crippen LogP contribution in [-0.4, -0.2) is 35.9 Å². The monoisotopic (exact) mass is 400 g/mol. The summed E-state index contributed by atoms with van der Waals surface area (Å²) in [6.07, 6.45) is -5.27. The molecule has 2 aromatic rings. The molecule has 0 spiro atoms. The summed E-state index contributed by atoms with van der Waals surface area (Å²) in [5, 5.41) is 15.8. The maximum Gasteiger partial charge on any atom is 0.437 e. The number of hydrogen-bond acceptors (Lipinski definition) is 5. The number of thiophene rings is 1. The van der Waals surface area contributed by atoms with Crippen molar-refractivity contribution in [3.05, 3.63) is 52.2 Å². The predicted molar refractivity (Wildman–Crippen MR) is 90.5 cm³/mol. The van der Waals surface area contributed by atoms with Crippen LogP contribution in [0.15, 0.2) is 41.8 Å². The van der Waals surface area contributed by atoms with Crippen LogP contribution in [0.2, 0.25) is 0 Å². The van der Waals surface area contributed by atoms with E-state index in [1.54, 1.807) is 0 Å². The number of halogens is 3. The van der Waals surface area contributed by atoms with Gasteiger partial charge in [-0.3, -0.25) is 4.79 Å². The van der Waals surface area contributed by atoms with Gasteiger partial charge in [-0.15, -0.1) is 11.3 Å². The van der Waals surface area contributed by atoms with Crippen molar-refractivity contribution in [2.24, 2.45) is 5.92 Å². The zero-order chi connectivity index (χ0) is 19.8. The molecule has 1 aromatic carbocycles. The maximum atomic E-state index is 13.7. The van der Waals surface area contributed by atoms with E-state index in [1.165, 1.54) is 54.2 Å². The number of ketones is 1. The molecule has 27 heavy (non-hydrogen) atoms. The van der Waals surface area contributed by atoms with E-state index in [9.17, 15) is 27.9 Å². The molecule has 144 valence electrons. The van der Waals surface area contributed by atoms with Gasteiger partial charge in [0, 0.05) is 0 Å². The summed E-state index contributed by atoms with van der Waals surface area (Å²) < 4.78 is 46.1. The Morgan fingerprint density at radius 1 is 1.26 bits per heavy atom. The Hall–Kier alpha value is -2.59. The molecule has 3 atom stereocenters. The average molecular weight is 400 g/mol. The van der Waals surface area contributed by atoms with Crippen LogP contribution in [0.4, 0.5) is 18.0 Å². The van der Waals surface area contributed by atoms with Crippen molar-refractivity contribution in [2.45, 2.75) is 17.9 Å². The molecule has 3 rings (SSSR count). The van der Waals surface area contributed by atoms with Crippen molar-refractivity contribution >= 4 is 23.2 Å². The molecule has 6 nitrogen and oxygen atoms in total. The van der Waals surface area contributed by atoms with Crippen LogP contribution in [0.25, 0.3) is 0 Å². The van der Waals surface area contributed by atoms with Gasteiger partial charge < -0.3 is 20.5 Å². The predicted octanol–water partition coefficient (Wildman–Crippen LogP) is 2.86. The van der Waals surface area contributed by atoms with E-state index in [0.29, 0.717) is 5.75 Å². The molecule has 2 heterocycles. The third kappa shape index (κ3) is 3.37. The van der Waals surface area contributed by atoms with Crippen LogP contribution in [0.3, 0.4) is 0 Å². The zero-order valence-electron chi connectivity index (χ0n) is 13.9. The number of rotatable bonds is 4. The first-order valence-corrected chi connectivity index (χ1v) is 8.65. The van der Waals surface area contributed by atoms with Crippen molar-refractivity contribution in [3.63, 3.8) is 0 Å². The van der Waals surface area contributed by atoms with E-state index in [0.717, 1.165) is 11.3 Å². The first-order valence-electron chi connectivity index (χ1n) is 7.77. The molecule has 0 radical (unpaired) electrons. The van der Waals surface area contributed by atoms with Crippen LogP contribution in [0.5, 0.6) is 5.75 Å². The SMILES string of the molecule is COc1ccc(C2NC(=O)NC(O)(C(F)(F)F)C2C(=O)c2cccs2)cc1. The Balaban J connectivity index is 2.12. The summed E-state index contributed by atoms with van der Waals surface area (Å²) in [6, 6.07) is 6.09. The highest BCUT2D eigenvalue weighted by atomic mass is 32.1. The van der Waals surface area contributed by atoms with Crippen molar-refractivity contribution in [1.29, 1.82) is 0 Å². The van der Waals surface area contributed by atoms with Crippen molar-refractivity contribution in [1.82, 2.24) is 10.6 Å². The second kappa shape index (κ2) is 6.86. The fourth-order valence-corrected chi connectivity index (χ4v) is 3.70.